The second kappa shape index (κ2) is 6.02. The number of halogens is 2. The molecule has 3 rings (SSSR count). The molecule has 0 fully saturated rings. The number of carbonyl (C=O) groups is 1. The molecule has 0 aliphatic rings. The Kier molecular flexibility index (Phi) is 4.11. The zero-order valence-corrected chi connectivity index (χ0v) is 13.2. The highest BCUT2D eigenvalue weighted by atomic mass is 35.5. The predicted octanol–water partition coefficient (Wildman–Crippen LogP) is 4.81. The summed E-state index contributed by atoms with van der Waals surface area (Å²) in [6.07, 6.45) is 0. The highest BCUT2D eigenvalue weighted by Gasteiger charge is 2.16. The molecule has 21 heavy (non-hydrogen) atoms. The average molecular weight is 361 g/mol. The van der Waals surface area contributed by atoms with Gasteiger partial charge in [-0.2, -0.15) is 0 Å². The summed E-state index contributed by atoms with van der Waals surface area (Å²) < 4.78 is 6.28. The van der Waals surface area contributed by atoms with Crippen molar-refractivity contribution in [3.63, 3.8) is 0 Å². The summed E-state index contributed by atoms with van der Waals surface area (Å²) >= 11 is 14.4. The quantitative estimate of drug-likeness (QED) is 0.702. The van der Waals surface area contributed by atoms with Crippen molar-refractivity contribution < 1.29 is 9.21 Å². The second-order valence-electron chi connectivity index (χ2n) is 3.71. The third-order valence-electron chi connectivity index (χ3n) is 2.29. The van der Waals surface area contributed by atoms with Gasteiger partial charge in [0.25, 0.3) is 5.89 Å². The Morgan fingerprint density at radius 2 is 2.14 bits per heavy atom. The lowest BCUT2D eigenvalue weighted by Gasteiger charge is -2.00. The first-order valence-corrected chi connectivity index (χ1v) is 7.97. The van der Waals surface area contributed by atoms with Gasteiger partial charge in [-0.1, -0.05) is 28.3 Å². The Morgan fingerprint density at radius 1 is 1.29 bits per heavy atom. The van der Waals surface area contributed by atoms with E-state index < -0.39 is 6.03 Å². The molecule has 0 spiro atoms. The molecular formula is C11H6Cl2N4O2S2. The van der Waals surface area contributed by atoms with Gasteiger partial charge >= 0.3 is 12.0 Å². The van der Waals surface area contributed by atoms with E-state index in [0.717, 1.165) is 0 Å². The number of aromatic nitrogens is 2. The Morgan fingerprint density at radius 3 is 2.81 bits per heavy atom. The number of amides is 2. The van der Waals surface area contributed by atoms with E-state index in [1.54, 1.807) is 12.1 Å². The van der Waals surface area contributed by atoms with E-state index in [2.05, 4.69) is 20.8 Å². The number of urea groups is 1. The van der Waals surface area contributed by atoms with Crippen LogP contribution in [0.5, 0.6) is 0 Å². The van der Waals surface area contributed by atoms with E-state index in [0.29, 0.717) is 19.2 Å². The highest BCUT2D eigenvalue weighted by molar-refractivity contribution is 7.20. The van der Waals surface area contributed by atoms with Gasteiger partial charge in [0.15, 0.2) is 0 Å². The molecule has 0 aromatic carbocycles. The normalized spacial score (nSPS) is 10.6. The molecule has 3 aromatic heterocycles. The monoisotopic (exact) mass is 360 g/mol. The zero-order valence-electron chi connectivity index (χ0n) is 10.1. The van der Waals surface area contributed by atoms with E-state index in [1.807, 2.05) is 11.4 Å². The molecule has 0 saturated heterocycles. The molecule has 0 aliphatic heterocycles. The summed E-state index contributed by atoms with van der Waals surface area (Å²) in [6.45, 7) is 0. The molecule has 0 aliphatic carbocycles. The van der Waals surface area contributed by atoms with Crippen molar-refractivity contribution in [2.75, 3.05) is 10.6 Å². The molecule has 0 radical (unpaired) electrons. The first kappa shape index (κ1) is 14.3. The summed E-state index contributed by atoms with van der Waals surface area (Å²) in [4.78, 5) is 11.7. The molecule has 3 aromatic rings. The number of nitrogens with zero attached hydrogens (tertiary/aromatic N) is 2. The van der Waals surface area contributed by atoms with Crippen LogP contribution in [0.4, 0.5) is 15.8 Å². The molecule has 0 saturated carbocycles. The highest BCUT2D eigenvalue weighted by Crippen LogP contribution is 2.37. The van der Waals surface area contributed by atoms with E-state index in [-0.39, 0.29) is 11.9 Å². The lowest BCUT2D eigenvalue weighted by atomic mass is 10.3. The van der Waals surface area contributed by atoms with Gasteiger partial charge in [-0.05, 0) is 23.6 Å². The molecule has 6 nitrogen and oxygen atoms in total. The Hall–Kier alpha value is -1.61. The maximum absolute atomic E-state index is 11.7. The van der Waals surface area contributed by atoms with Gasteiger partial charge in [0.1, 0.15) is 4.34 Å². The number of hydrogen-bond donors (Lipinski definition) is 2. The number of anilines is 2. The van der Waals surface area contributed by atoms with Gasteiger partial charge in [-0.25, -0.2) is 4.79 Å². The zero-order chi connectivity index (χ0) is 14.8. The van der Waals surface area contributed by atoms with Gasteiger partial charge in [-0.15, -0.1) is 27.8 Å². The minimum atomic E-state index is -0.470. The summed E-state index contributed by atoms with van der Waals surface area (Å²) in [5, 5.41) is 15.2. The molecule has 0 bridgehead atoms. The van der Waals surface area contributed by atoms with Gasteiger partial charge in [0.2, 0.25) is 0 Å². The lowest BCUT2D eigenvalue weighted by molar-refractivity contribution is 0.261. The largest absolute Gasteiger partial charge is 0.403 e. The minimum absolute atomic E-state index is 0.0301. The first-order chi connectivity index (χ1) is 10.1. The molecule has 2 N–H and O–H groups in total. The van der Waals surface area contributed by atoms with Gasteiger partial charge in [0, 0.05) is 0 Å². The van der Waals surface area contributed by atoms with Gasteiger partial charge < -0.3 is 4.42 Å². The van der Waals surface area contributed by atoms with Gasteiger partial charge in [-0.3, -0.25) is 10.6 Å². The third-order valence-corrected chi connectivity index (χ3v) is 4.56. The van der Waals surface area contributed by atoms with Gasteiger partial charge in [0.05, 0.1) is 14.9 Å². The Labute approximate surface area is 136 Å². The first-order valence-electron chi connectivity index (χ1n) is 5.52. The van der Waals surface area contributed by atoms with Crippen molar-refractivity contribution in [1.29, 1.82) is 0 Å². The van der Waals surface area contributed by atoms with Crippen LogP contribution in [0.15, 0.2) is 28.0 Å². The number of nitrogens with one attached hydrogen (secondary N) is 2. The van der Waals surface area contributed by atoms with Crippen molar-refractivity contribution in [2.24, 2.45) is 0 Å². The Balaban J connectivity index is 1.70. The maximum atomic E-state index is 11.7. The number of rotatable bonds is 3. The van der Waals surface area contributed by atoms with Crippen LogP contribution in [0.1, 0.15) is 0 Å². The molecule has 2 amide bonds. The van der Waals surface area contributed by atoms with Crippen LogP contribution in [-0.2, 0) is 0 Å². The molecule has 0 atom stereocenters. The fourth-order valence-corrected chi connectivity index (χ4v) is 3.52. The topological polar surface area (TPSA) is 80.1 Å². The van der Waals surface area contributed by atoms with Crippen LogP contribution in [0.2, 0.25) is 8.67 Å². The summed E-state index contributed by atoms with van der Waals surface area (Å²) in [5.74, 6) is 0.189. The molecule has 0 unspecified atom stereocenters. The van der Waals surface area contributed by atoms with Crippen molar-refractivity contribution in [3.05, 3.63) is 32.3 Å². The molecule has 108 valence electrons. The average Bonchev–Trinajstić information content (AvgIpc) is 3.12. The van der Waals surface area contributed by atoms with Crippen LogP contribution in [0, 0.1) is 0 Å². The molecular weight excluding hydrogens is 355 g/mol. The van der Waals surface area contributed by atoms with E-state index >= 15 is 0 Å². The molecule has 10 heteroatoms. The number of thiophene rings is 2. The number of hydrogen-bond acceptors (Lipinski definition) is 6. The molecule has 3 heterocycles. The Bertz CT molecular complexity index is 769. The van der Waals surface area contributed by atoms with E-state index in [4.69, 9.17) is 27.6 Å². The fourth-order valence-electron chi connectivity index (χ4n) is 1.46. The van der Waals surface area contributed by atoms with E-state index in [1.165, 1.54) is 22.7 Å². The van der Waals surface area contributed by atoms with Crippen LogP contribution >= 0.6 is 45.9 Å². The second-order valence-corrected chi connectivity index (χ2v) is 6.94. The summed E-state index contributed by atoms with van der Waals surface area (Å²) in [7, 11) is 0. The summed E-state index contributed by atoms with van der Waals surface area (Å²) in [5.41, 5.74) is 0.533. The van der Waals surface area contributed by atoms with E-state index in [9.17, 15) is 4.79 Å². The van der Waals surface area contributed by atoms with Crippen molar-refractivity contribution >= 4 is 62.9 Å². The van der Waals surface area contributed by atoms with Crippen LogP contribution in [0.3, 0.4) is 0 Å². The standard InChI is InChI=1S/C11H6Cl2N4O2S2/c12-6-4-5(8(13)21-6)9-16-17-11(19-9)15-10(18)14-7-2-1-3-20-7/h1-4H,(H2,14,15,17,18). The summed E-state index contributed by atoms with van der Waals surface area (Å²) in [6, 6.07) is 4.72. The number of carbonyl (C=O) groups excluding carboxylic acids is 1. The third kappa shape index (κ3) is 3.35. The van der Waals surface area contributed by atoms with Crippen LogP contribution in [0.25, 0.3) is 11.5 Å². The lowest BCUT2D eigenvalue weighted by Crippen LogP contribution is -2.18. The van der Waals surface area contributed by atoms with Crippen molar-refractivity contribution in [3.8, 4) is 11.5 Å². The fraction of sp³-hybridized carbons (Fsp3) is 0. The van der Waals surface area contributed by atoms with Crippen LogP contribution < -0.4 is 10.6 Å². The predicted molar refractivity (Wildman–Crippen MR) is 84.6 cm³/mol. The maximum Gasteiger partial charge on any atom is 0.327 e. The van der Waals surface area contributed by atoms with Crippen molar-refractivity contribution in [1.82, 2.24) is 10.2 Å². The SMILES string of the molecule is O=C(Nc1nnc(-c2cc(Cl)sc2Cl)o1)Nc1cccs1. The smallest absolute Gasteiger partial charge is 0.327 e. The van der Waals surface area contributed by atoms with Crippen molar-refractivity contribution in [2.45, 2.75) is 0 Å². The van der Waals surface area contributed by atoms with Crippen LogP contribution in [-0.4, -0.2) is 16.2 Å². The minimum Gasteiger partial charge on any atom is -0.403 e.